The topological polar surface area (TPSA) is 58.9 Å². The van der Waals surface area contributed by atoms with E-state index in [0.717, 1.165) is 6.42 Å². The molecule has 0 amide bonds. The summed E-state index contributed by atoms with van der Waals surface area (Å²) < 4.78 is 10.8. The van der Waals surface area contributed by atoms with Crippen molar-refractivity contribution in [3.05, 3.63) is 0 Å². The Kier molecular flexibility index (Phi) is 5.28. The molecular weight excluding hydrogens is 257 g/mol. The van der Waals surface area contributed by atoms with Crippen LogP contribution in [-0.4, -0.2) is 42.9 Å². The zero-order chi connectivity index (χ0) is 13.3. The fourth-order valence-corrected chi connectivity index (χ4v) is 2.85. The van der Waals surface area contributed by atoms with Crippen LogP contribution in [0.25, 0.3) is 0 Å². The molecule has 0 aliphatic carbocycles. The van der Waals surface area contributed by atoms with Gasteiger partial charge in [0.15, 0.2) is 0 Å². The highest BCUT2D eigenvalue weighted by molar-refractivity contribution is 8.06. The molecular formula is C9H18B2O4PS. The van der Waals surface area contributed by atoms with Gasteiger partial charge < -0.3 is 19.0 Å². The lowest BCUT2D eigenvalue weighted by Gasteiger charge is -2.27. The Labute approximate surface area is 110 Å². The predicted molar refractivity (Wildman–Crippen MR) is 72.5 cm³/mol. The van der Waals surface area contributed by atoms with Crippen LogP contribution in [0, 0.1) is 5.41 Å². The number of rotatable bonds is 4. The molecule has 0 spiro atoms. The van der Waals surface area contributed by atoms with Gasteiger partial charge in [-0.25, -0.2) is 0 Å². The summed E-state index contributed by atoms with van der Waals surface area (Å²) in [5, 5.41) is 0. The van der Waals surface area contributed by atoms with Gasteiger partial charge in [-0.3, -0.25) is 0 Å². The summed E-state index contributed by atoms with van der Waals surface area (Å²) in [4.78, 5) is 18.4. The quantitative estimate of drug-likeness (QED) is 0.590. The van der Waals surface area contributed by atoms with Crippen molar-refractivity contribution in [3.8, 4) is 0 Å². The molecule has 4 nitrogen and oxygen atoms in total. The van der Waals surface area contributed by atoms with Crippen molar-refractivity contribution in [3.63, 3.8) is 0 Å². The largest absolute Gasteiger partial charge is 0.382 e. The minimum absolute atomic E-state index is 0.0588. The normalized spacial score (nSPS) is 30.5. The van der Waals surface area contributed by atoms with E-state index in [9.17, 15) is 9.79 Å². The van der Waals surface area contributed by atoms with Crippen molar-refractivity contribution < 1.29 is 19.0 Å². The summed E-state index contributed by atoms with van der Waals surface area (Å²) in [6.45, 7) is 2.60. The Morgan fingerprint density at radius 1 is 1.53 bits per heavy atom. The van der Waals surface area contributed by atoms with E-state index < -0.39 is 12.8 Å². The number of hydrogen-bond donors (Lipinski definition) is 2. The van der Waals surface area contributed by atoms with Crippen LogP contribution in [0.2, 0.25) is 0 Å². The van der Waals surface area contributed by atoms with Crippen LogP contribution in [-0.2, 0) is 21.1 Å². The van der Waals surface area contributed by atoms with E-state index in [2.05, 4.69) is 32.6 Å². The van der Waals surface area contributed by atoms with Crippen LogP contribution in [0.15, 0.2) is 0 Å². The molecule has 17 heavy (non-hydrogen) atoms. The van der Waals surface area contributed by atoms with Crippen molar-refractivity contribution in [2.75, 3.05) is 0 Å². The second-order valence-corrected chi connectivity index (χ2v) is 8.16. The molecule has 1 heterocycles. The van der Waals surface area contributed by atoms with Crippen LogP contribution in [0.3, 0.4) is 0 Å². The lowest BCUT2D eigenvalue weighted by molar-refractivity contribution is 0.0113. The second kappa shape index (κ2) is 5.72. The molecule has 8 heteroatoms. The maximum atomic E-state index is 9.22. The van der Waals surface area contributed by atoms with Crippen molar-refractivity contribution >= 4 is 33.4 Å². The summed E-state index contributed by atoms with van der Waals surface area (Å²) in [7, 11) is 6.89. The number of ether oxygens (including phenoxy) is 1. The van der Waals surface area contributed by atoms with Gasteiger partial charge in [-0.05, 0) is 30.1 Å². The van der Waals surface area contributed by atoms with Gasteiger partial charge in [0.1, 0.15) is 0 Å². The Balaban J connectivity index is 2.67. The van der Waals surface area contributed by atoms with Gasteiger partial charge in [0.2, 0.25) is 0 Å². The van der Waals surface area contributed by atoms with Crippen molar-refractivity contribution in [2.45, 2.75) is 51.8 Å². The monoisotopic (exact) mass is 275 g/mol. The standard InChI is InChI=1S/C9H18B2O4PS/c1-9(2,3)5-7-6(15-16(12,13)17)4-8(11-10)14-7/h6-8H,4-5H2,1-3H3,(H2,12,13,17). The van der Waals surface area contributed by atoms with E-state index in [-0.39, 0.29) is 17.5 Å². The predicted octanol–water partition coefficient (Wildman–Crippen LogP) is 0.920. The fraction of sp³-hybridized carbons (Fsp3) is 1.00. The molecule has 1 rings (SSSR count). The summed E-state index contributed by atoms with van der Waals surface area (Å²) in [5.41, 5.74) is 0.0588. The summed E-state index contributed by atoms with van der Waals surface area (Å²) in [5.74, 6) is 0. The van der Waals surface area contributed by atoms with Crippen molar-refractivity contribution in [2.24, 2.45) is 5.41 Å². The first-order chi connectivity index (χ1) is 7.61. The molecule has 0 aromatic heterocycles. The lowest BCUT2D eigenvalue weighted by Crippen LogP contribution is -2.28. The first kappa shape index (κ1) is 15.7. The third-order valence-electron chi connectivity index (χ3n) is 2.53. The minimum Gasteiger partial charge on any atom is -0.382 e. The van der Waals surface area contributed by atoms with Gasteiger partial charge in [0.25, 0.3) is 0 Å². The Hall–Kier alpha value is 0.620. The van der Waals surface area contributed by atoms with Crippen LogP contribution >= 0.6 is 6.72 Å². The molecule has 0 aromatic rings. The van der Waals surface area contributed by atoms with Crippen molar-refractivity contribution in [1.29, 1.82) is 0 Å². The smallest absolute Gasteiger partial charge is 0.322 e. The molecule has 1 fully saturated rings. The average Bonchev–Trinajstić information content (AvgIpc) is 2.42. The van der Waals surface area contributed by atoms with Gasteiger partial charge >= 0.3 is 6.72 Å². The van der Waals surface area contributed by atoms with Gasteiger partial charge in [-0.1, -0.05) is 20.8 Å². The molecule has 3 unspecified atom stereocenters. The molecule has 95 valence electrons. The van der Waals surface area contributed by atoms with Crippen molar-refractivity contribution in [1.82, 2.24) is 0 Å². The van der Waals surface area contributed by atoms with Gasteiger partial charge in [0, 0.05) is 13.7 Å². The molecule has 3 atom stereocenters. The third kappa shape index (κ3) is 5.86. The van der Waals surface area contributed by atoms with Crippen LogP contribution in [0.4, 0.5) is 0 Å². The van der Waals surface area contributed by atoms with Crippen LogP contribution in [0.5, 0.6) is 0 Å². The molecule has 2 N–H and O–H groups in total. The zero-order valence-corrected chi connectivity index (χ0v) is 12.1. The third-order valence-corrected chi connectivity index (χ3v) is 3.33. The van der Waals surface area contributed by atoms with Gasteiger partial charge in [-0.2, -0.15) is 0 Å². The van der Waals surface area contributed by atoms with Gasteiger partial charge in [0.05, 0.1) is 19.4 Å². The van der Waals surface area contributed by atoms with Crippen LogP contribution < -0.4 is 0 Å². The summed E-state index contributed by atoms with van der Waals surface area (Å²) >= 11 is 4.49. The van der Waals surface area contributed by atoms with E-state index in [0.29, 0.717) is 6.42 Å². The molecule has 1 aliphatic rings. The Morgan fingerprint density at radius 3 is 2.53 bits per heavy atom. The maximum Gasteiger partial charge on any atom is 0.322 e. The average molecular weight is 275 g/mol. The number of hydrogen-bond acceptors (Lipinski definition) is 3. The first-order valence-corrected chi connectivity index (χ1v) is 8.18. The first-order valence-electron chi connectivity index (χ1n) is 5.55. The molecule has 0 aromatic carbocycles. The highest BCUT2D eigenvalue weighted by Crippen LogP contribution is 2.43. The lowest BCUT2D eigenvalue weighted by atomic mass is 9.51. The van der Waals surface area contributed by atoms with E-state index in [1.807, 2.05) is 0 Å². The highest BCUT2D eigenvalue weighted by Gasteiger charge is 2.39. The molecule has 1 saturated heterocycles. The molecule has 0 bridgehead atoms. The van der Waals surface area contributed by atoms with Crippen LogP contribution in [0.1, 0.15) is 33.6 Å². The fourth-order valence-electron chi connectivity index (χ4n) is 1.94. The van der Waals surface area contributed by atoms with E-state index in [4.69, 9.17) is 17.0 Å². The zero-order valence-electron chi connectivity index (χ0n) is 10.4. The highest BCUT2D eigenvalue weighted by atomic mass is 32.5. The maximum absolute atomic E-state index is 9.22. The van der Waals surface area contributed by atoms with E-state index in [1.165, 1.54) is 7.17 Å². The molecule has 0 saturated carbocycles. The molecule has 1 aliphatic heterocycles. The Bertz CT molecular complexity index is 304. The van der Waals surface area contributed by atoms with Gasteiger partial charge in [-0.15, -0.1) is 0 Å². The summed E-state index contributed by atoms with van der Waals surface area (Å²) in [6.07, 6.45) is 0.648. The summed E-state index contributed by atoms with van der Waals surface area (Å²) in [6, 6.07) is -0.214. The Morgan fingerprint density at radius 2 is 2.12 bits per heavy atom. The SMILES string of the molecule is [B][B]C1CC(OP(O)(O)=S)C(CC(C)(C)C)O1. The van der Waals surface area contributed by atoms with E-state index >= 15 is 0 Å². The minimum atomic E-state index is -3.66. The van der Waals surface area contributed by atoms with E-state index in [1.54, 1.807) is 0 Å². The second-order valence-electron chi connectivity index (χ2n) is 5.54. The molecule has 3 radical (unpaired) electrons.